The number of fused-ring (bicyclic) bond motifs is 1. The van der Waals surface area contributed by atoms with Crippen molar-refractivity contribution in [2.75, 3.05) is 5.32 Å². The molecule has 29 heavy (non-hydrogen) atoms. The van der Waals surface area contributed by atoms with E-state index in [2.05, 4.69) is 10.4 Å². The summed E-state index contributed by atoms with van der Waals surface area (Å²) in [6.45, 7) is 7.91. The van der Waals surface area contributed by atoms with Gasteiger partial charge in [-0.05, 0) is 69.2 Å². The maximum Gasteiger partial charge on any atom is 0.255 e. The maximum atomic E-state index is 12.8. The zero-order valence-corrected chi connectivity index (χ0v) is 18.6. The van der Waals surface area contributed by atoms with Crippen molar-refractivity contribution in [2.24, 2.45) is 0 Å². The highest BCUT2D eigenvalue weighted by Gasteiger charge is 2.17. The number of nitrogens with zero attached hydrogens (tertiary/aromatic N) is 3. The summed E-state index contributed by atoms with van der Waals surface area (Å²) in [4.78, 5) is 17.5. The molecule has 0 bridgehead atoms. The van der Waals surface area contributed by atoms with Gasteiger partial charge in [-0.15, -0.1) is 0 Å². The van der Waals surface area contributed by atoms with E-state index < -0.39 is 0 Å². The Morgan fingerprint density at radius 3 is 2.48 bits per heavy atom. The lowest BCUT2D eigenvalue weighted by Gasteiger charge is -2.12. The summed E-state index contributed by atoms with van der Waals surface area (Å²) >= 11 is 13.6. The molecule has 0 saturated carbocycles. The lowest BCUT2D eigenvalue weighted by atomic mass is 10.1. The fraction of sp³-hybridized carbons (Fsp3) is 0.190. The Bertz CT molecular complexity index is 1280. The second kappa shape index (κ2) is 7.44. The third-order valence-electron chi connectivity index (χ3n) is 4.72. The first kappa shape index (κ1) is 19.9. The quantitative estimate of drug-likeness (QED) is 0.404. The van der Waals surface area contributed by atoms with E-state index in [0.717, 1.165) is 43.6 Å². The lowest BCUT2D eigenvalue weighted by Crippen LogP contribution is -2.13. The highest BCUT2D eigenvalue weighted by Crippen LogP contribution is 2.35. The number of rotatable bonds is 3. The molecule has 0 aliphatic carbocycles. The van der Waals surface area contributed by atoms with Crippen molar-refractivity contribution in [1.82, 2.24) is 14.8 Å². The molecule has 0 aliphatic rings. The van der Waals surface area contributed by atoms with Gasteiger partial charge in [0.1, 0.15) is 0 Å². The Hall–Kier alpha value is -2.41. The predicted octanol–water partition coefficient (Wildman–Crippen LogP) is 6.27. The zero-order valence-electron chi connectivity index (χ0n) is 16.3. The van der Waals surface area contributed by atoms with E-state index in [1.807, 2.05) is 44.5 Å². The number of anilines is 1. The molecule has 0 atom stereocenters. The standard InChI is InChI=1S/C21H18Cl2N4OS/c1-10-7-17-19(29-21(24-17)27-12(3)8-11(2)26-27)13(4)18(10)25-20(28)14-5-6-15(22)16(23)9-14/h5-9H,1-4H3,(H,25,28). The Morgan fingerprint density at radius 1 is 1.07 bits per heavy atom. The average Bonchev–Trinajstić information content (AvgIpc) is 3.23. The smallest absolute Gasteiger partial charge is 0.255 e. The number of amides is 1. The van der Waals surface area contributed by atoms with Crippen molar-refractivity contribution < 1.29 is 4.79 Å². The molecule has 0 aliphatic heterocycles. The second-order valence-corrected chi connectivity index (χ2v) is 8.75. The molecule has 2 heterocycles. The first-order valence-electron chi connectivity index (χ1n) is 8.95. The molecule has 0 radical (unpaired) electrons. The number of benzene rings is 2. The van der Waals surface area contributed by atoms with E-state index >= 15 is 0 Å². The van der Waals surface area contributed by atoms with Crippen LogP contribution in [0.5, 0.6) is 0 Å². The van der Waals surface area contributed by atoms with Gasteiger partial charge in [-0.1, -0.05) is 34.5 Å². The Kier molecular flexibility index (Phi) is 5.11. The van der Waals surface area contributed by atoms with Crippen molar-refractivity contribution >= 4 is 56.3 Å². The van der Waals surface area contributed by atoms with Gasteiger partial charge in [0.05, 0.1) is 26.0 Å². The van der Waals surface area contributed by atoms with Crippen LogP contribution < -0.4 is 5.32 Å². The van der Waals surface area contributed by atoms with E-state index in [0.29, 0.717) is 15.6 Å². The largest absolute Gasteiger partial charge is 0.321 e. The van der Waals surface area contributed by atoms with Gasteiger partial charge in [0.15, 0.2) is 0 Å². The minimum Gasteiger partial charge on any atom is -0.321 e. The number of aryl methyl sites for hydroxylation is 4. The maximum absolute atomic E-state index is 12.8. The number of halogens is 2. The van der Waals surface area contributed by atoms with Crippen LogP contribution in [-0.2, 0) is 0 Å². The van der Waals surface area contributed by atoms with Crippen LogP contribution in [0.2, 0.25) is 10.0 Å². The van der Waals surface area contributed by atoms with Gasteiger partial charge in [-0.2, -0.15) is 5.10 Å². The molecule has 8 heteroatoms. The van der Waals surface area contributed by atoms with E-state index in [1.54, 1.807) is 29.5 Å². The average molecular weight is 445 g/mol. The molecule has 2 aromatic carbocycles. The van der Waals surface area contributed by atoms with Gasteiger partial charge in [-0.25, -0.2) is 9.67 Å². The fourth-order valence-corrected chi connectivity index (χ4v) is 4.66. The summed E-state index contributed by atoms with van der Waals surface area (Å²) in [5.41, 5.74) is 6.00. The molecule has 148 valence electrons. The summed E-state index contributed by atoms with van der Waals surface area (Å²) in [5.74, 6) is -0.239. The van der Waals surface area contributed by atoms with Gasteiger partial charge in [0, 0.05) is 16.9 Å². The fourth-order valence-electron chi connectivity index (χ4n) is 3.30. The molecule has 0 unspecified atom stereocenters. The molecule has 0 saturated heterocycles. The van der Waals surface area contributed by atoms with Crippen LogP contribution in [0.1, 0.15) is 32.9 Å². The van der Waals surface area contributed by atoms with Crippen molar-refractivity contribution in [3.05, 3.63) is 68.5 Å². The molecule has 1 amide bonds. The van der Waals surface area contributed by atoms with E-state index in [9.17, 15) is 4.79 Å². The molecular weight excluding hydrogens is 427 g/mol. The number of carbonyl (C=O) groups is 1. The minimum absolute atomic E-state index is 0.239. The van der Waals surface area contributed by atoms with Gasteiger partial charge in [-0.3, -0.25) is 4.79 Å². The summed E-state index contributed by atoms with van der Waals surface area (Å²) in [6.07, 6.45) is 0. The topological polar surface area (TPSA) is 59.8 Å². The molecule has 0 fully saturated rings. The molecule has 1 N–H and O–H groups in total. The number of aromatic nitrogens is 3. The monoisotopic (exact) mass is 444 g/mol. The van der Waals surface area contributed by atoms with E-state index in [1.165, 1.54) is 0 Å². The Balaban J connectivity index is 1.74. The van der Waals surface area contributed by atoms with Crippen molar-refractivity contribution in [3.8, 4) is 5.13 Å². The predicted molar refractivity (Wildman–Crippen MR) is 120 cm³/mol. The van der Waals surface area contributed by atoms with E-state index in [-0.39, 0.29) is 5.91 Å². The van der Waals surface area contributed by atoms with Crippen molar-refractivity contribution in [1.29, 1.82) is 0 Å². The first-order valence-corrected chi connectivity index (χ1v) is 10.5. The summed E-state index contributed by atoms with van der Waals surface area (Å²) in [7, 11) is 0. The van der Waals surface area contributed by atoms with Crippen LogP contribution in [0.15, 0.2) is 30.3 Å². The van der Waals surface area contributed by atoms with Gasteiger partial charge in [0.25, 0.3) is 5.91 Å². The van der Waals surface area contributed by atoms with Gasteiger partial charge < -0.3 is 5.32 Å². The molecule has 4 aromatic rings. The highest BCUT2D eigenvalue weighted by atomic mass is 35.5. The van der Waals surface area contributed by atoms with Crippen LogP contribution >= 0.6 is 34.5 Å². The number of hydrogen-bond acceptors (Lipinski definition) is 4. The highest BCUT2D eigenvalue weighted by molar-refractivity contribution is 7.21. The Labute approximate surface area is 182 Å². The van der Waals surface area contributed by atoms with Gasteiger partial charge in [0.2, 0.25) is 5.13 Å². The van der Waals surface area contributed by atoms with Crippen LogP contribution in [0.3, 0.4) is 0 Å². The summed E-state index contributed by atoms with van der Waals surface area (Å²) in [6, 6.07) is 8.84. The third-order valence-corrected chi connectivity index (χ3v) is 6.62. The van der Waals surface area contributed by atoms with Gasteiger partial charge >= 0.3 is 0 Å². The first-order chi connectivity index (χ1) is 13.7. The van der Waals surface area contributed by atoms with E-state index in [4.69, 9.17) is 28.2 Å². The van der Waals surface area contributed by atoms with Crippen LogP contribution in [0.25, 0.3) is 15.3 Å². The molecule has 2 aromatic heterocycles. The molecule has 0 spiro atoms. The normalized spacial score (nSPS) is 11.2. The number of carbonyl (C=O) groups excluding carboxylic acids is 1. The zero-order chi connectivity index (χ0) is 20.9. The molecular formula is C21H18Cl2N4OS. The molecule has 4 rings (SSSR count). The second-order valence-electron chi connectivity index (χ2n) is 6.96. The minimum atomic E-state index is -0.239. The van der Waals surface area contributed by atoms with Crippen LogP contribution in [0.4, 0.5) is 5.69 Å². The molecule has 5 nitrogen and oxygen atoms in total. The Morgan fingerprint density at radius 2 is 1.83 bits per heavy atom. The van der Waals surface area contributed by atoms with Crippen molar-refractivity contribution in [2.45, 2.75) is 27.7 Å². The third kappa shape index (κ3) is 3.64. The van der Waals surface area contributed by atoms with Crippen molar-refractivity contribution in [3.63, 3.8) is 0 Å². The van der Waals surface area contributed by atoms with Crippen LogP contribution in [0, 0.1) is 27.7 Å². The number of nitrogens with one attached hydrogen (secondary N) is 1. The lowest BCUT2D eigenvalue weighted by molar-refractivity contribution is 0.102. The van der Waals surface area contributed by atoms with Crippen LogP contribution in [-0.4, -0.2) is 20.7 Å². The number of thiazole rings is 1. The summed E-state index contributed by atoms with van der Waals surface area (Å²) < 4.78 is 2.87. The summed E-state index contributed by atoms with van der Waals surface area (Å²) in [5, 5.41) is 9.11. The number of hydrogen-bond donors (Lipinski definition) is 1. The SMILES string of the molecule is Cc1cc(C)n(-c2nc3cc(C)c(NC(=O)c4ccc(Cl)c(Cl)c4)c(C)c3s2)n1.